The summed E-state index contributed by atoms with van der Waals surface area (Å²) in [6.07, 6.45) is 3.84. The maximum atomic E-state index is 5.56. The highest BCUT2D eigenvalue weighted by atomic mass is 16.5. The second-order valence-corrected chi connectivity index (χ2v) is 8.28. The van der Waals surface area contributed by atoms with Gasteiger partial charge in [-0.25, -0.2) is 9.67 Å². The van der Waals surface area contributed by atoms with Gasteiger partial charge in [0.2, 0.25) is 0 Å². The Labute approximate surface area is 190 Å². The van der Waals surface area contributed by atoms with Crippen molar-refractivity contribution in [3.05, 3.63) is 60.4 Å². The molecule has 0 bridgehead atoms. The number of hydrogen-bond acceptors (Lipinski definition) is 6. The molecule has 5 heterocycles. The molecule has 1 saturated heterocycles. The minimum atomic E-state index is 0.537. The number of aryl methyl sites for hydroxylation is 2. The van der Waals surface area contributed by atoms with Crippen LogP contribution in [0.4, 0.5) is 5.82 Å². The molecule has 0 aliphatic carbocycles. The molecule has 1 aromatic carbocycles. The van der Waals surface area contributed by atoms with Crippen LogP contribution in [0.3, 0.4) is 0 Å². The number of hydrogen-bond donors (Lipinski definition) is 1. The van der Waals surface area contributed by atoms with Crippen molar-refractivity contribution in [2.45, 2.75) is 6.92 Å². The SMILES string of the molecule is Cc1cccc(-c2ccn(-c3nc(N4CCOCC4)c4[nH]c(-c5ccn(C)n5)cc4n3)n2)c1. The summed E-state index contributed by atoms with van der Waals surface area (Å²) in [7, 11) is 1.91. The topological polar surface area (TPSA) is 89.7 Å². The van der Waals surface area contributed by atoms with E-state index in [0.717, 1.165) is 52.6 Å². The van der Waals surface area contributed by atoms with Crippen LogP contribution in [-0.2, 0) is 11.8 Å². The van der Waals surface area contributed by atoms with Crippen molar-refractivity contribution in [2.75, 3.05) is 31.2 Å². The second-order valence-electron chi connectivity index (χ2n) is 8.28. The molecule has 9 nitrogen and oxygen atoms in total. The summed E-state index contributed by atoms with van der Waals surface area (Å²) in [5.74, 6) is 1.39. The van der Waals surface area contributed by atoms with Crippen LogP contribution in [0.15, 0.2) is 54.9 Å². The number of fused-ring (bicyclic) bond motifs is 1. The van der Waals surface area contributed by atoms with Crippen molar-refractivity contribution in [2.24, 2.45) is 7.05 Å². The summed E-state index contributed by atoms with van der Waals surface area (Å²) < 4.78 is 9.10. The summed E-state index contributed by atoms with van der Waals surface area (Å²) in [6, 6.07) is 14.3. The molecule has 0 spiro atoms. The third-order valence-electron chi connectivity index (χ3n) is 5.85. The Morgan fingerprint density at radius 2 is 1.79 bits per heavy atom. The highest BCUT2D eigenvalue weighted by Crippen LogP contribution is 2.29. The fourth-order valence-corrected chi connectivity index (χ4v) is 4.18. The lowest BCUT2D eigenvalue weighted by atomic mass is 10.1. The summed E-state index contributed by atoms with van der Waals surface area (Å²) in [6.45, 7) is 4.98. The highest BCUT2D eigenvalue weighted by Gasteiger charge is 2.21. The molecule has 166 valence electrons. The van der Waals surface area contributed by atoms with Gasteiger partial charge in [-0.2, -0.15) is 15.2 Å². The monoisotopic (exact) mass is 440 g/mol. The molecule has 1 aliphatic rings. The molecule has 1 N–H and O–H groups in total. The molecule has 0 saturated carbocycles. The van der Waals surface area contributed by atoms with Gasteiger partial charge in [0.15, 0.2) is 5.82 Å². The van der Waals surface area contributed by atoms with E-state index in [4.69, 9.17) is 19.8 Å². The molecule has 9 heteroatoms. The molecule has 0 amide bonds. The van der Waals surface area contributed by atoms with Crippen molar-refractivity contribution < 1.29 is 4.74 Å². The lowest BCUT2D eigenvalue weighted by Gasteiger charge is -2.28. The molecule has 6 rings (SSSR count). The van der Waals surface area contributed by atoms with E-state index >= 15 is 0 Å². The van der Waals surface area contributed by atoms with Gasteiger partial charge in [0, 0.05) is 38.1 Å². The highest BCUT2D eigenvalue weighted by molar-refractivity contribution is 5.91. The summed E-state index contributed by atoms with van der Waals surface area (Å²) >= 11 is 0. The normalized spacial score (nSPS) is 14.3. The van der Waals surface area contributed by atoms with Gasteiger partial charge >= 0.3 is 0 Å². The summed E-state index contributed by atoms with van der Waals surface area (Å²) in [4.78, 5) is 15.5. The number of anilines is 1. The van der Waals surface area contributed by atoms with Crippen molar-refractivity contribution in [3.63, 3.8) is 0 Å². The number of rotatable bonds is 4. The van der Waals surface area contributed by atoms with E-state index in [-0.39, 0.29) is 0 Å². The van der Waals surface area contributed by atoms with Gasteiger partial charge in [-0.1, -0.05) is 23.8 Å². The molecule has 1 aliphatic heterocycles. The molecular weight excluding hydrogens is 416 g/mol. The van der Waals surface area contributed by atoms with Crippen molar-refractivity contribution in [1.29, 1.82) is 0 Å². The minimum Gasteiger partial charge on any atom is -0.378 e. The number of nitrogens with zero attached hydrogens (tertiary/aromatic N) is 7. The Kier molecular flexibility index (Phi) is 4.69. The van der Waals surface area contributed by atoms with Gasteiger partial charge in [0.05, 0.1) is 30.1 Å². The fourth-order valence-electron chi connectivity index (χ4n) is 4.18. The van der Waals surface area contributed by atoms with Crippen LogP contribution >= 0.6 is 0 Å². The summed E-state index contributed by atoms with van der Waals surface area (Å²) in [5.41, 5.74) is 6.66. The lowest BCUT2D eigenvalue weighted by molar-refractivity contribution is 0.122. The van der Waals surface area contributed by atoms with Gasteiger partial charge in [0.1, 0.15) is 11.2 Å². The zero-order valence-corrected chi connectivity index (χ0v) is 18.6. The van der Waals surface area contributed by atoms with Crippen LogP contribution < -0.4 is 4.90 Å². The molecule has 5 aromatic rings. The van der Waals surface area contributed by atoms with E-state index in [1.165, 1.54) is 5.56 Å². The average molecular weight is 441 g/mol. The van der Waals surface area contributed by atoms with Crippen molar-refractivity contribution in [1.82, 2.24) is 34.5 Å². The standard InChI is InChI=1S/C24H24N8O/c1-16-4-3-5-17(14-16)18-7-9-32(29-18)24-26-21-15-20(19-6-8-30(2)28-19)25-22(21)23(27-24)31-10-12-33-13-11-31/h3-9,14-15,25H,10-13H2,1-2H3. The summed E-state index contributed by atoms with van der Waals surface area (Å²) in [5, 5.41) is 9.30. The van der Waals surface area contributed by atoms with Crippen molar-refractivity contribution in [3.8, 4) is 28.6 Å². The first-order chi connectivity index (χ1) is 16.1. The Balaban J connectivity index is 1.47. The van der Waals surface area contributed by atoms with Crippen LogP contribution in [0, 0.1) is 6.92 Å². The Hall–Kier alpha value is -3.98. The van der Waals surface area contributed by atoms with Crippen LogP contribution in [0.25, 0.3) is 39.6 Å². The lowest BCUT2D eigenvalue weighted by Crippen LogP contribution is -2.37. The third-order valence-corrected chi connectivity index (χ3v) is 5.85. The van der Waals surface area contributed by atoms with Gasteiger partial charge < -0.3 is 14.6 Å². The Morgan fingerprint density at radius 3 is 2.58 bits per heavy atom. The number of ether oxygens (including phenoxy) is 1. The smallest absolute Gasteiger partial charge is 0.253 e. The maximum absolute atomic E-state index is 5.56. The van der Waals surface area contributed by atoms with E-state index in [1.807, 2.05) is 43.7 Å². The van der Waals surface area contributed by atoms with Gasteiger partial charge in [-0.15, -0.1) is 0 Å². The average Bonchev–Trinajstić information content (AvgIpc) is 3.58. The first-order valence-electron chi connectivity index (χ1n) is 11.0. The van der Waals surface area contributed by atoms with Crippen LogP contribution in [-0.4, -0.2) is 60.8 Å². The Bertz CT molecular complexity index is 1440. The van der Waals surface area contributed by atoms with Crippen LogP contribution in [0.2, 0.25) is 0 Å². The number of nitrogens with one attached hydrogen (secondary N) is 1. The first kappa shape index (κ1) is 19.7. The number of aromatic amines is 1. The first-order valence-corrected chi connectivity index (χ1v) is 11.0. The predicted octanol–water partition coefficient (Wildman–Crippen LogP) is 3.36. The predicted molar refractivity (Wildman–Crippen MR) is 126 cm³/mol. The second kappa shape index (κ2) is 7.86. The molecular formula is C24H24N8O. The molecule has 1 fully saturated rings. The zero-order chi connectivity index (χ0) is 22.4. The van der Waals surface area contributed by atoms with E-state index in [1.54, 1.807) is 9.36 Å². The number of benzene rings is 1. The zero-order valence-electron chi connectivity index (χ0n) is 18.6. The maximum Gasteiger partial charge on any atom is 0.253 e. The fraction of sp³-hybridized carbons (Fsp3) is 0.250. The van der Waals surface area contributed by atoms with Crippen molar-refractivity contribution >= 4 is 16.9 Å². The Morgan fingerprint density at radius 1 is 0.939 bits per heavy atom. The molecule has 33 heavy (non-hydrogen) atoms. The van der Waals surface area contributed by atoms with Gasteiger partial charge in [0.25, 0.3) is 5.95 Å². The van der Waals surface area contributed by atoms with Crippen LogP contribution in [0.5, 0.6) is 0 Å². The molecule has 0 radical (unpaired) electrons. The van der Waals surface area contributed by atoms with E-state index in [9.17, 15) is 0 Å². The largest absolute Gasteiger partial charge is 0.378 e. The van der Waals surface area contributed by atoms with Gasteiger partial charge in [-0.05, 0) is 31.2 Å². The number of morpholine rings is 1. The van der Waals surface area contributed by atoms with E-state index < -0.39 is 0 Å². The van der Waals surface area contributed by atoms with E-state index in [0.29, 0.717) is 19.2 Å². The van der Waals surface area contributed by atoms with E-state index in [2.05, 4.69) is 40.1 Å². The molecule has 0 unspecified atom stereocenters. The third kappa shape index (κ3) is 3.66. The number of H-pyrrole nitrogens is 1. The molecule has 4 aromatic heterocycles. The number of aromatic nitrogens is 7. The quantitative estimate of drug-likeness (QED) is 0.461. The minimum absolute atomic E-state index is 0.537. The van der Waals surface area contributed by atoms with Gasteiger partial charge in [-0.3, -0.25) is 4.68 Å². The molecule has 0 atom stereocenters. The van der Waals surface area contributed by atoms with Crippen LogP contribution in [0.1, 0.15) is 5.56 Å².